The summed E-state index contributed by atoms with van der Waals surface area (Å²) in [6, 6.07) is 25.8. The predicted octanol–water partition coefficient (Wildman–Crippen LogP) is 6.23. The summed E-state index contributed by atoms with van der Waals surface area (Å²) >= 11 is 0. The highest BCUT2D eigenvalue weighted by Crippen LogP contribution is 2.43. The van der Waals surface area contributed by atoms with Crippen LogP contribution in [0.2, 0.25) is 0 Å². The molecular weight excluding hydrogens is 426 g/mol. The Bertz CT molecular complexity index is 1070. The van der Waals surface area contributed by atoms with Crippen LogP contribution in [0.25, 0.3) is 0 Å². The SMILES string of the molecule is COc1cccc(NC(=O)COc2ccc([C@@H]3OC[C@@H](c4ccccc4)C[C@H]3C(C)C)cc2)c1. The molecule has 0 aromatic heterocycles. The number of anilines is 1. The van der Waals surface area contributed by atoms with Gasteiger partial charge in [-0.25, -0.2) is 0 Å². The first-order valence-corrected chi connectivity index (χ1v) is 11.9. The lowest BCUT2D eigenvalue weighted by molar-refractivity contribution is -0.118. The Morgan fingerprint density at radius 3 is 2.44 bits per heavy atom. The van der Waals surface area contributed by atoms with Crippen molar-refractivity contribution in [2.24, 2.45) is 11.8 Å². The fourth-order valence-electron chi connectivity index (χ4n) is 4.59. The van der Waals surface area contributed by atoms with Crippen molar-refractivity contribution in [3.8, 4) is 11.5 Å². The summed E-state index contributed by atoms with van der Waals surface area (Å²) in [6.45, 7) is 5.20. The van der Waals surface area contributed by atoms with E-state index in [9.17, 15) is 4.79 Å². The van der Waals surface area contributed by atoms with E-state index in [2.05, 4.69) is 61.6 Å². The molecule has 34 heavy (non-hydrogen) atoms. The van der Waals surface area contributed by atoms with Crippen molar-refractivity contribution in [3.05, 3.63) is 90.0 Å². The average molecular weight is 460 g/mol. The summed E-state index contributed by atoms with van der Waals surface area (Å²) in [5.41, 5.74) is 3.17. The summed E-state index contributed by atoms with van der Waals surface area (Å²) in [6.07, 6.45) is 1.17. The van der Waals surface area contributed by atoms with Crippen LogP contribution >= 0.6 is 0 Å². The molecular formula is C29H33NO4. The molecule has 1 saturated heterocycles. The highest BCUT2D eigenvalue weighted by molar-refractivity contribution is 5.92. The molecule has 0 bridgehead atoms. The standard InChI is InChI=1S/C29H33NO4/c1-20(2)27-16-23(21-8-5-4-6-9-21)18-34-29(27)22-12-14-25(15-13-22)33-19-28(31)30-24-10-7-11-26(17-24)32-3/h4-15,17,20,23,27,29H,16,18-19H2,1-3H3,(H,30,31)/t23-,27-,29-/m0/s1. The van der Waals surface area contributed by atoms with Crippen LogP contribution in [0, 0.1) is 11.8 Å². The van der Waals surface area contributed by atoms with Crippen molar-refractivity contribution in [1.29, 1.82) is 0 Å². The van der Waals surface area contributed by atoms with Crippen molar-refractivity contribution >= 4 is 11.6 Å². The molecule has 1 N–H and O–H groups in total. The van der Waals surface area contributed by atoms with E-state index in [-0.39, 0.29) is 18.6 Å². The molecule has 1 fully saturated rings. The van der Waals surface area contributed by atoms with Crippen LogP contribution in [0.5, 0.6) is 11.5 Å². The van der Waals surface area contributed by atoms with Crippen LogP contribution in [-0.2, 0) is 9.53 Å². The molecule has 0 spiro atoms. The second-order valence-electron chi connectivity index (χ2n) is 9.14. The summed E-state index contributed by atoms with van der Waals surface area (Å²) in [5, 5.41) is 2.82. The zero-order chi connectivity index (χ0) is 23.9. The summed E-state index contributed by atoms with van der Waals surface area (Å²) in [4.78, 5) is 12.3. The lowest BCUT2D eigenvalue weighted by atomic mass is 9.76. The molecule has 5 nitrogen and oxygen atoms in total. The minimum Gasteiger partial charge on any atom is -0.497 e. The number of hydrogen-bond donors (Lipinski definition) is 1. The Hall–Kier alpha value is -3.31. The topological polar surface area (TPSA) is 56.8 Å². The molecule has 0 saturated carbocycles. The molecule has 3 aromatic carbocycles. The van der Waals surface area contributed by atoms with Crippen molar-refractivity contribution in [3.63, 3.8) is 0 Å². The van der Waals surface area contributed by atoms with Gasteiger partial charge >= 0.3 is 0 Å². The van der Waals surface area contributed by atoms with Gasteiger partial charge in [0, 0.05) is 17.7 Å². The Morgan fingerprint density at radius 1 is 0.971 bits per heavy atom. The molecule has 178 valence electrons. The number of amides is 1. The molecule has 0 unspecified atom stereocenters. The number of nitrogens with one attached hydrogen (secondary N) is 1. The molecule has 5 heteroatoms. The lowest BCUT2D eigenvalue weighted by Crippen LogP contribution is -2.31. The van der Waals surface area contributed by atoms with Gasteiger partial charge in [0.05, 0.1) is 19.8 Å². The number of ether oxygens (including phenoxy) is 3. The molecule has 4 rings (SSSR count). The Labute approximate surface area is 202 Å². The second kappa shape index (κ2) is 11.2. The maximum Gasteiger partial charge on any atom is 0.262 e. The Kier molecular flexibility index (Phi) is 7.86. The maximum atomic E-state index is 12.3. The molecule has 1 aliphatic rings. The lowest BCUT2D eigenvalue weighted by Gasteiger charge is -2.39. The Morgan fingerprint density at radius 2 is 1.74 bits per heavy atom. The van der Waals surface area contributed by atoms with Crippen LogP contribution in [-0.4, -0.2) is 26.2 Å². The normalized spacial score (nSPS) is 20.1. The molecule has 3 aromatic rings. The Balaban J connectivity index is 1.34. The van der Waals surface area contributed by atoms with Gasteiger partial charge in [0.1, 0.15) is 11.5 Å². The van der Waals surface area contributed by atoms with E-state index in [1.165, 1.54) is 5.56 Å². The smallest absolute Gasteiger partial charge is 0.262 e. The third-order valence-electron chi connectivity index (χ3n) is 6.48. The summed E-state index contributed by atoms with van der Waals surface area (Å²) < 4.78 is 17.3. The highest BCUT2D eigenvalue weighted by atomic mass is 16.5. The number of carbonyl (C=O) groups is 1. The van der Waals surface area contributed by atoms with Crippen LogP contribution in [0.15, 0.2) is 78.9 Å². The third-order valence-corrected chi connectivity index (χ3v) is 6.48. The number of benzene rings is 3. The van der Waals surface area contributed by atoms with E-state index < -0.39 is 0 Å². The van der Waals surface area contributed by atoms with Crippen LogP contribution in [0.4, 0.5) is 5.69 Å². The first kappa shape index (κ1) is 23.8. The average Bonchev–Trinajstić information content (AvgIpc) is 2.88. The van der Waals surface area contributed by atoms with Crippen molar-refractivity contribution in [2.45, 2.75) is 32.3 Å². The fourth-order valence-corrected chi connectivity index (χ4v) is 4.59. The van der Waals surface area contributed by atoms with E-state index in [0.29, 0.717) is 34.9 Å². The van der Waals surface area contributed by atoms with Gasteiger partial charge in [-0.15, -0.1) is 0 Å². The molecule has 1 amide bonds. The minimum atomic E-state index is -0.222. The molecule has 1 heterocycles. The van der Waals surface area contributed by atoms with E-state index >= 15 is 0 Å². The monoisotopic (exact) mass is 459 g/mol. The second-order valence-corrected chi connectivity index (χ2v) is 9.14. The maximum absolute atomic E-state index is 12.3. The fraction of sp³-hybridized carbons (Fsp3) is 0.345. The minimum absolute atomic E-state index is 0.0605. The van der Waals surface area contributed by atoms with Crippen molar-refractivity contribution in [1.82, 2.24) is 0 Å². The van der Waals surface area contributed by atoms with Crippen LogP contribution < -0.4 is 14.8 Å². The first-order valence-electron chi connectivity index (χ1n) is 11.9. The number of rotatable bonds is 8. The highest BCUT2D eigenvalue weighted by Gasteiger charge is 2.34. The van der Waals surface area contributed by atoms with E-state index in [4.69, 9.17) is 14.2 Å². The van der Waals surface area contributed by atoms with Gasteiger partial charge in [-0.1, -0.05) is 62.4 Å². The number of carbonyl (C=O) groups excluding carboxylic acids is 1. The van der Waals surface area contributed by atoms with Gasteiger partial charge in [-0.05, 0) is 53.6 Å². The predicted molar refractivity (Wildman–Crippen MR) is 134 cm³/mol. The first-order chi connectivity index (χ1) is 16.5. The quantitative estimate of drug-likeness (QED) is 0.434. The number of methoxy groups -OCH3 is 1. The van der Waals surface area contributed by atoms with E-state index in [0.717, 1.165) is 18.6 Å². The van der Waals surface area contributed by atoms with Gasteiger partial charge in [-0.2, -0.15) is 0 Å². The molecule has 3 atom stereocenters. The van der Waals surface area contributed by atoms with E-state index in [1.54, 1.807) is 13.2 Å². The van der Waals surface area contributed by atoms with Crippen molar-refractivity contribution in [2.75, 3.05) is 25.6 Å². The van der Waals surface area contributed by atoms with Gasteiger partial charge in [0.2, 0.25) is 0 Å². The molecule has 1 aliphatic heterocycles. The van der Waals surface area contributed by atoms with Crippen LogP contribution in [0.1, 0.15) is 43.4 Å². The van der Waals surface area contributed by atoms with Gasteiger partial charge < -0.3 is 19.5 Å². The largest absolute Gasteiger partial charge is 0.497 e. The summed E-state index contributed by atoms with van der Waals surface area (Å²) in [5.74, 6) is 2.49. The zero-order valence-electron chi connectivity index (χ0n) is 20.1. The van der Waals surface area contributed by atoms with Crippen molar-refractivity contribution < 1.29 is 19.0 Å². The summed E-state index contributed by atoms with van der Waals surface area (Å²) in [7, 11) is 1.59. The van der Waals surface area contributed by atoms with Gasteiger partial charge in [0.25, 0.3) is 5.91 Å². The third kappa shape index (κ3) is 5.97. The zero-order valence-corrected chi connectivity index (χ0v) is 20.1. The van der Waals surface area contributed by atoms with Gasteiger partial charge in [-0.3, -0.25) is 4.79 Å². The van der Waals surface area contributed by atoms with E-state index in [1.807, 2.05) is 30.3 Å². The number of hydrogen-bond acceptors (Lipinski definition) is 4. The molecule has 0 radical (unpaired) electrons. The van der Waals surface area contributed by atoms with Gasteiger partial charge in [0.15, 0.2) is 6.61 Å². The van der Waals surface area contributed by atoms with Crippen LogP contribution in [0.3, 0.4) is 0 Å². The molecule has 0 aliphatic carbocycles.